The number of nitrogens with one attached hydrogen (secondary N) is 1. The Labute approximate surface area is 107 Å². The quantitative estimate of drug-likeness (QED) is 0.873. The molecule has 1 N–H and O–H groups in total. The van der Waals surface area contributed by atoms with Crippen LogP contribution in [-0.2, 0) is 6.42 Å². The van der Waals surface area contributed by atoms with E-state index in [9.17, 15) is 0 Å². The van der Waals surface area contributed by atoms with Gasteiger partial charge in [-0.05, 0) is 13.3 Å². The van der Waals surface area contributed by atoms with E-state index in [1.165, 1.54) is 6.33 Å². The van der Waals surface area contributed by atoms with Crippen LogP contribution in [0.4, 0.5) is 5.82 Å². The Bertz CT molecular complexity index is 474. The summed E-state index contributed by atoms with van der Waals surface area (Å²) in [7, 11) is 0. The fraction of sp³-hybridized carbons (Fsp3) is 0.385. The highest BCUT2D eigenvalue weighted by molar-refractivity contribution is 5.60. The number of aryl methyl sites for hydroxylation is 1. The third-order valence-corrected chi connectivity index (χ3v) is 2.46. The van der Waals surface area contributed by atoms with E-state index in [0.29, 0.717) is 0 Å². The first-order valence-electron chi connectivity index (χ1n) is 6.20. The predicted octanol–water partition coefficient (Wildman–Crippen LogP) is 2.32. The highest BCUT2D eigenvalue weighted by Gasteiger charge is 2.06. The van der Waals surface area contributed by atoms with Crippen molar-refractivity contribution < 1.29 is 0 Å². The Hall–Kier alpha value is -2.04. The molecule has 0 fully saturated rings. The highest BCUT2D eigenvalue weighted by atomic mass is 15.0. The van der Waals surface area contributed by atoms with Crippen LogP contribution in [0.15, 0.2) is 24.8 Å². The zero-order valence-electron chi connectivity index (χ0n) is 10.7. The zero-order chi connectivity index (χ0) is 12.8. The van der Waals surface area contributed by atoms with Gasteiger partial charge in [0, 0.05) is 37.0 Å². The van der Waals surface area contributed by atoms with Crippen LogP contribution in [0.1, 0.15) is 26.1 Å². The second kappa shape index (κ2) is 6.05. The normalized spacial score (nSPS) is 10.3. The topological polar surface area (TPSA) is 63.6 Å². The lowest BCUT2D eigenvalue weighted by molar-refractivity contribution is 0.836. The molecule has 2 heterocycles. The van der Waals surface area contributed by atoms with Crippen molar-refractivity contribution >= 4 is 5.82 Å². The lowest BCUT2D eigenvalue weighted by Crippen LogP contribution is -2.04. The van der Waals surface area contributed by atoms with Crippen LogP contribution >= 0.6 is 0 Å². The molecule has 0 radical (unpaired) electrons. The molecule has 94 valence electrons. The summed E-state index contributed by atoms with van der Waals surface area (Å²) in [4.78, 5) is 17.1. The smallest absolute Gasteiger partial charge is 0.131 e. The summed E-state index contributed by atoms with van der Waals surface area (Å²) in [5.74, 6) is 1.71. The molecule has 0 aliphatic carbocycles. The molecule has 0 atom stereocenters. The van der Waals surface area contributed by atoms with Gasteiger partial charge in [-0.25, -0.2) is 19.9 Å². The summed E-state index contributed by atoms with van der Waals surface area (Å²) in [6.07, 6.45) is 6.95. The van der Waals surface area contributed by atoms with Gasteiger partial charge in [-0.3, -0.25) is 0 Å². The fourth-order valence-electron chi connectivity index (χ4n) is 1.68. The molecule has 5 nitrogen and oxygen atoms in total. The van der Waals surface area contributed by atoms with Crippen molar-refractivity contribution in [1.82, 2.24) is 19.9 Å². The number of aromatic nitrogens is 4. The molecule has 0 aliphatic heterocycles. The molecule has 18 heavy (non-hydrogen) atoms. The molecule has 0 aliphatic rings. The van der Waals surface area contributed by atoms with Gasteiger partial charge in [0.2, 0.25) is 0 Å². The summed E-state index contributed by atoms with van der Waals surface area (Å²) < 4.78 is 0. The molecule has 0 saturated heterocycles. The SMILES string of the molecule is CCCc1nc(NCC)cc(-c2cncnc2)n1. The van der Waals surface area contributed by atoms with Crippen molar-refractivity contribution in [1.29, 1.82) is 0 Å². The largest absolute Gasteiger partial charge is 0.370 e. The lowest BCUT2D eigenvalue weighted by atomic mass is 10.2. The third-order valence-electron chi connectivity index (χ3n) is 2.46. The first-order chi connectivity index (χ1) is 8.83. The van der Waals surface area contributed by atoms with Crippen LogP contribution in [0, 0.1) is 0 Å². The number of hydrogen-bond acceptors (Lipinski definition) is 5. The van der Waals surface area contributed by atoms with Gasteiger partial charge >= 0.3 is 0 Å². The van der Waals surface area contributed by atoms with E-state index < -0.39 is 0 Å². The lowest BCUT2D eigenvalue weighted by Gasteiger charge is -2.08. The first-order valence-corrected chi connectivity index (χ1v) is 6.20. The van der Waals surface area contributed by atoms with Gasteiger partial charge in [0.05, 0.1) is 5.69 Å². The van der Waals surface area contributed by atoms with Gasteiger partial charge in [-0.2, -0.15) is 0 Å². The predicted molar refractivity (Wildman–Crippen MR) is 71.2 cm³/mol. The van der Waals surface area contributed by atoms with E-state index in [0.717, 1.165) is 42.3 Å². The van der Waals surface area contributed by atoms with Gasteiger partial charge in [0.1, 0.15) is 18.0 Å². The van der Waals surface area contributed by atoms with E-state index >= 15 is 0 Å². The van der Waals surface area contributed by atoms with Gasteiger partial charge in [0.15, 0.2) is 0 Å². The highest BCUT2D eigenvalue weighted by Crippen LogP contribution is 2.18. The van der Waals surface area contributed by atoms with Crippen molar-refractivity contribution in [3.63, 3.8) is 0 Å². The van der Waals surface area contributed by atoms with Gasteiger partial charge in [-0.1, -0.05) is 6.92 Å². The van der Waals surface area contributed by atoms with Crippen LogP contribution in [0.5, 0.6) is 0 Å². The van der Waals surface area contributed by atoms with Crippen molar-refractivity contribution in [2.24, 2.45) is 0 Å². The first kappa shape index (κ1) is 12.4. The number of rotatable bonds is 5. The Balaban J connectivity index is 2.39. The van der Waals surface area contributed by atoms with Gasteiger partial charge < -0.3 is 5.32 Å². The minimum absolute atomic E-state index is 0.841. The number of anilines is 1. The molecule has 0 bridgehead atoms. The molecule has 0 aromatic carbocycles. The second-order valence-electron chi connectivity index (χ2n) is 3.96. The maximum atomic E-state index is 4.54. The number of nitrogens with zero attached hydrogens (tertiary/aromatic N) is 4. The average molecular weight is 243 g/mol. The molecular formula is C13H17N5. The fourth-order valence-corrected chi connectivity index (χ4v) is 1.68. The minimum atomic E-state index is 0.841. The van der Waals surface area contributed by atoms with Crippen LogP contribution in [0.3, 0.4) is 0 Å². The Kier molecular flexibility index (Phi) is 4.17. The van der Waals surface area contributed by atoms with Crippen molar-refractivity contribution in [3.05, 3.63) is 30.6 Å². The summed E-state index contributed by atoms with van der Waals surface area (Å²) in [5, 5.41) is 3.22. The third kappa shape index (κ3) is 3.00. The van der Waals surface area contributed by atoms with Crippen molar-refractivity contribution in [2.45, 2.75) is 26.7 Å². The monoisotopic (exact) mass is 243 g/mol. The van der Waals surface area contributed by atoms with Crippen LogP contribution in [0.25, 0.3) is 11.3 Å². The summed E-state index contributed by atoms with van der Waals surface area (Å²) >= 11 is 0. The molecular weight excluding hydrogens is 226 g/mol. The van der Waals surface area contributed by atoms with E-state index in [4.69, 9.17) is 0 Å². The molecule has 2 rings (SSSR count). The van der Waals surface area contributed by atoms with E-state index in [1.54, 1.807) is 12.4 Å². The van der Waals surface area contributed by atoms with Gasteiger partial charge in [0.25, 0.3) is 0 Å². The Morgan fingerprint density at radius 1 is 1.11 bits per heavy atom. The van der Waals surface area contributed by atoms with Crippen LogP contribution < -0.4 is 5.32 Å². The van der Waals surface area contributed by atoms with E-state index in [1.807, 2.05) is 13.0 Å². The van der Waals surface area contributed by atoms with Crippen LogP contribution in [0.2, 0.25) is 0 Å². The molecule has 5 heteroatoms. The number of hydrogen-bond donors (Lipinski definition) is 1. The van der Waals surface area contributed by atoms with E-state index in [2.05, 4.69) is 32.2 Å². The van der Waals surface area contributed by atoms with Gasteiger partial charge in [-0.15, -0.1) is 0 Å². The molecule has 0 spiro atoms. The van der Waals surface area contributed by atoms with Crippen LogP contribution in [-0.4, -0.2) is 26.5 Å². The molecule has 0 saturated carbocycles. The minimum Gasteiger partial charge on any atom is -0.370 e. The summed E-state index contributed by atoms with van der Waals surface area (Å²) in [5.41, 5.74) is 1.78. The van der Waals surface area contributed by atoms with Crippen molar-refractivity contribution in [2.75, 3.05) is 11.9 Å². The maximum Gasteiger partial charge on any atom is 0.131 e. The molecule has 2 aromatic heterocycles. The standard InChI is InChI=1S/C13H17N5/c1-3-5-12-17-11(6-13(18-12)16-4-2)10-7-14-9-15-8-10/h6-9H,3-5H2,1-2H3,(H,16,17,18). The van der Waals surface area contributed by atoms with E-state index in [-0.39, 0.29) is 0 Å². The molecule has 0 unspecified atom stereocenters. The summed E-state index contributed by atoms with van der Waals surface area (Å²) in [6, 6.07) is 1.93. The summed E-state index contributed by atoms with van der Waals surface area (Å²) in [6.45, 7) is 5.01. The molecule has 2 aromatic rings. The second-order valence-corrected chi connectivity index (χ2v) is 3.96. The Morgan fingerprint density at radius 2 is 1.89 bits per heavy atom. The molecule has 0 amide bonds. The Morgan fingerprint density at radius 3 is 2.56 bits per heavy atom. The van der Waals surface area contributed by atoms with Crippen molar-refractivity contribution in [3.8, 4) is 11.3 Å². The average Bonchev–Trinajstić information content (AvgIpc) is 2.40. The maximum absolute atomic E-state index is 4.54. The zero-order valence-corrected chi connectivity index (χ0v) is 10.7.